The lowest BCUT2D eigenvalue weighted by Crippen LogP contribution is -1.99. The summed E-state index contributed by atoms with van der Waals surface area (Å²) < 4.78 is 10.9. The van der Waals surface area contributed by atoms with E-state index < -0.39 is 4.92 Å². The second kappa shape index (κ2) is 6.45. The molecule has 0 aliphatic carbocycles. The molecule has 0 unspecified atom stereocenters. The first kappa shape index (κ1) is 15.0. The van der Waals surface area contributed by atoms with Gasteiger partial charge in [-0.2, -0.15) is 0 Å². The number of hydrogen-bond acceptors (Lipinski definition) is 6. The average molecular weight is 332 g/mol. The number of halogens is 1. The molecule has 0 spiro atoms. The van der Waals surface area contributed by atoms with E-state index in [1.54, 1.807) is 36.4 Å². The van der Waals surface area contributed by atoms with Gasteiger partial charge in [-0.25, -0.2) is 0 Å². The molecule has 2 aromatic carbocycles. The Morgan fingerprint density at radius 3 is 2.61 bits per heavy atom. The van der Waals surface area contributed by atoms with Gasteiger partial charge in [-0.05, 0) is 30.3 Å². The zero-order valence-corrected chi connectivity index (χ0v) is 12.4. The third kappa shape index (κ3) is 3.46. The maximum atomic E-state index is 10.9. The first-order valence-electron chi connectivity index (χ1n) is 6.58. The van der Waals surface area contributed by atoms with Crippen LogP contribution >= 0.6 is 11.6 Å². The SMILES string of the molecule is O=[N+]([O-])c1ccccc1OCc1nnc(-c2ccc(Cl)cc2)o1. The van der Waals surface area contributed by atoms with Crippen LogP contribution in [0.25, 0.3) is 11.5 Å². The van der Waals surface area contributed by atoms with E-state index in [9.17, 15) is 10.1 Å². The van der Waals surface area contributed by atoms with Gasteiger partial charge in [0.15, 0.2) is 12.4 Å². The Kier molecular flexibility index (Phi) is 4.20. The number of hydrogen-bond donors (Lipinski definition) is 0. The summed E-state index contributed by atoms with van der Waals surface area (Å²) in [7, 11) is 0. The predicted octanol–water partition coefficient (Wildman–Crippen LogP) is 3.88. The van der Waals surface area contributed by atoms with Gasteiger partial charge >= 0.3 is 5.69 Å². The molecular weight excluding hydrogens is 322 g/mol. The van der Waals surface area contributed by atoms with Gasteiger partial charge in [0.1, 0.15) is 0 Å². The van der Waals surface area contributed by atoms with E-state index >= 15 is 0 Å². The van der Waals surface area contributed by atoms with E-state index in [-0.39, 0.29) is 23.9 Å². The first-order chi connectivity index (χ1) is 11.1. The van der Waals surface area contributed by atoms with Crippen molar-refractivity contribution in [1.82, 2.24) is 10.2 Å². The topological polar surface area (TPSA) is 91.3 Å². The Balaban J connectivity index is 1.73. The van der Waals surface area contributed by atoms with Crippen LogP contribution in [0, 0.1) is 10.1 Å². The molecule has 3 rings (SSSR count). The largest absolute Gasteiger partial charge is 0.477 e. The molecule has 23 heavy (non-hydrogen) atoms. The summed E-state index contributed by atoms with van der Waals surface area (Å²) in [6.45, 7) is -0.0640. The van der Waals surface area contributed by atoms with Crippen LogP contribution < -0.4 is 4.74 Å². The number of ether oxygens (including phenoxy) is 1. The van der Waals surface area contributed by atoms with Crippen LogP contribution in [0.2, 0.25) is 5.02 Å². The first-order valence-corrected chi connectivity index (χ1v) is 6.96. The fraction of sp³-hybridized carbons (Fsp3) is 0.0667. The molecule has 0 saturated carbocycles. The third-order valence-electron chi connectivity index (χ3n) is 2.97. The highest BCUT2D eigenvalue weighted by atomic mass is 35.5. The quantitative estimate of drug-likeness (QED) is 0.520. The second-order valence-corrected chi connectivity index (χ2v) is 4.96. The molecule has 7 nitrogen and oxygen atoms in total. The van der Waals surface area contributed by atoms with Gasteiger partial charge in [-0.3, -0.25) is 10.1 Å². The van der Waals surface area contributed by atoms with Crippen LogP contribution in [-0.4, -0.2) is 15.1 Å². The van der Waals surface area contributed by atoms with Gasteiger partial charge in [0.05, 0.1) is 4.92 Å². The van der Waals surface area contributed by atoms with Crippen molar-refractivity contribution in [2.24, 2.45) is 0 Å². The van der Waals surface area contributed by atoms with Crippen molar-refractivity contribution in [3.63, 3.8) is 0 Å². The van der Waals surface area contributed by atoms with Crippen molar-refractivity contribution in [2.45, 2.75) is 6.61 Å². The summed E-state index contributed by atoms with van der Waals surface area (Å²) in [5.74, 6) is 0.680. The maximum Gasteiger partial charge on any atom is 0.310 e. The number of para-hydroxylation sites is 2. The third-order valence-corrected chi connectivity index (χ3v) is 3.22. The van der Waals surface area contributed by atoms with E-state index in [2.05, 4.69) is 10.2 Å². The number of benzene rings is 2. The minimum atomic E-state index is -0.512. The molecule has 0 atom stereocenters. The zero-order valence-electron chi connectivity index (χ0n) is 11.7. The van der Waals surface area contributed by atoms with Crippen LogP contribution in [0.15, 0.2) is 52.9 Å². The van der Waals surface area contributed by atoms with Crippen LogP contribution in [0.4, 0.5) is 5.69 Å². The van der Waals surface area contributed by atoms with Crippen LogP contribution in [0.5, 0.6) is 5.75 Å². The Bertz CT molecular complexity index is 833. The van der Waals surface area contributed by atoms with E-state index in [0.717, 1.165) is 5.56 Å². The standard InChI is InChI=1S/C15H10ClN3O4/c16-11-7-5-10(6-8-11)15-18-17-14(23-15)9-22-13-4-2-1-3-12(13)19(20)21/h1-8H,9H2. The van der Waals surface area contributed by atoms with Crippen LogP contribution in [0.3, 0.4) is 0 Å². The molecular formula is C15H10ClN3O4. The molecule has 0 aliphatic rings. The number of nitrogens with zero attached hydrogens (tertiary/aromatic N) is 3. The van der Waals surface area contributed by atoms with Gasteiger partial charge in [-0.15, -0.1) is 10.2 Å². The van der Waals surface area contributed by atoms with E-state index in [1.165, 1.54) is 12.1 Å². The Morgan fingerprint density at radius 1 is 1.13 bits per heavy atom. The van der Waals surface area contributed by atoms with Gasteiger partial charge in [0, 0.05) is 16.7 Å². The monoisotopic (exact) mass is 331 g/mol. The number of aromatic nitrogens is 2. The van der Waals surface area contributed by atoms with Gasteiger partial charge in [0.2, 0.25) is 5.89 Å². The molecule has 0 radical (unpaired) electrons. The zero-order chi connectivity index (χ0) is 16.2. The van der Waals surface area contributed by atoms with Gasteiger partial charge < -0.3 is 9.15 Å². The fourth-order valence-electron chi connectivity index (χ4n) is 1.89. The van der Waals surface area contributed by atoms with Crippen molar-refractivity contribution in [3.8, 4) is 17.2 Å². The fourth-order valence-corrected chi connectivity index (χ4v) is 2.02. The normalized spacial score (nSPS) is 10.5. The Hall–Kier alpha value is -2.93. The summed E-state index contributed by atoms with van der Waals surface area (Å²) in [6.07, 6.45) is 0. The second-order valence-electron chi connectivity index (χ2n) is 4.52. The molecule has 0 N–H and O–H groups in total. The molecule has 0 amide bonds. The average Bonchev–Trinajstić information content (AvgIpc) is 3.03. The van der Waals surface area contributed by atoms with Gasteiger partial charge in [0.25, 0.3) is 5.89 Å². The molecule has 1 aromatic heterocycles. The minimum absolute atomic E-state index is 0.0640. The van der Waals surface area contributed by atoms with Crippen molar-refractivity contribution >= 4 is 17.3 Å². The van der Waals surface area contributed by atoms with E-state index in [0.29, 0.717) is 10.9 Å². The van der Waals surface area contributed by atoms with Crippen molar-refractivity contribution in [1.29, 1.82) is 0 Å². The predicted molar refractivity (Wildman–Crippen MR) is 82.2 cm³/mol. The summed E-state index contributed by atoms with van der Waals surface area (Å²) >= 11 is 5.82. The molecule has 0 saturated heterocycles. The van der Waals surface area contributed by atoms with Crippen molar-refractivity contribution in [2.75, 3.05) is 0 Å². The number of nitro groups is 1. The summed E-state index contributed by atoms with van der Waals surface area (Å²) in [6, 6.07) is 13.0. The lowest BCUT2D eigenvalue weighted by atomic mass is 10.2. The lowest BCUT2D eigenvalue weighted by Gasteiger charge is -2.03. The Labute approximate surface area is 135 Å². The maximum absolute atomic E-state index is 10.9. The number of nitro benzene ring substituents is 1. The highest BCUT2D eigenvalue weighted by Crippen LogP contribution is 2.27. The van der Waals surface area contributed by atoms with E-state index in [1.807, 2.05) is 0 Å². The number of rotatable bonds is 5. The van der Waals surface area contributed by atoms with Crippen LogP contribution in [0.1, 0.15) is 5.89 Å². The highest BCUT2D eigenvalue weighted by molar-refractivity contribution is 6.30. The summed E-state index contributed by atoms with van der Waals surface area (Å²) in [5, 5.41) is 19.3. The molecule has 1 heterocycles. The van der Waals surface area contributed by atoms with Crippen LogP contribution in [-0.2, 0) is 6.61 Å². The van der Waals surface area contributed by atoms with Crippen molar-refractivity contribution in [3.05, 3.63) is 69.6 Å². The molecule has 116 valence electrons. The minimum Gasteiger partial charge on any atom is -0.477 e. The molecule has 3 aromatic rings. The highest BCUT2D eigenvalue weighted by Gasteiger charge is 2.15. The smallest absolute Gasteiger partial charge is 0.310 e. The lowest BCUT2D eigenvalue weighted by molar-refractivity contribution is -0.386. The molecule has 8 heteroatoms. The van der Waals surface area contributed by atoms with Crippen molar-refractivity contribution < 1.29 is 14.1 Å². The summed E-state index contributed by atoms with van der Waals surface area (Å²) in [5.41, 5.74) is 0.601. The molecule has 0 fully saturated rings. The molecule has 0 aliphatic heterocycles. The van der Waals surface area contributed by atoms with Gasteiger partial charge in [-0.1, -0.05) is 23.7 Å². The molecule has 0 bridgehead atoms. The van der Waals surface area contributed by atoms with E-state index in [4.69, 9.17) is 20.8 Å². The Morgan fingerprint density at radius 2 is 1.87 bits per heavy atom. The summed E-state index contributed by atoms with van der Waals surface area (Å²) in [4.78, 5) is 10.4.